The van der Waals surface area contributed by atoms with E-state index in [0.29, 0.717) is 12.0 Å². The van der Waals surface area contributed by atoms with Crippen LogP contribution in [0.15, 0.2) is 22.5 Å². The highest BCUT2D eigenvalue weighted by Crippen LogP contribution is 2.20. The Kier molecular flexibility index (Phi) is 8.56. The summed E-state index contributed by atoms with van der Waals surface area (Å²) in [6.45, 7) is 6.75. The van der Waals surface area contributed by atoms with E-state index in [9.17, 15) is 0 Å². The molecule has 0 aliphatic carbocycles. The molecular formula is C18H31N3O2S. The highest BCUT2D eigenvalue weighted by atomic mass is 32.1. The third-order valence-electron chi connectivity index (χ3n) is 4.39. The molecule has 0 radical (unpaired) electrons. The Labute approximate surface area is 150 Å². The Bertz CT molecular complexity index is 471. The van der Waals surface area contributed by atoms with Crippen molar-refractivity contribution in [1.29, 1.82) is 0 Å². The SMILES string of the molecule is CN=C(NCC(C)c1cccs1)N1CCC(OCCCOC)CC1. The number of guanidine groups is 1. The molecule has 24 heavy (non-hydrogen) atoms. The Morgan fingerprint density at radius 2 is 2.21 bits per heavy atom. The average molecular weight is 354 g/mol. The van der Waals surface area contributed by atoms with Crippen LogP contribution >= 0.6 is 11.3 Å². The summed E-state index contributed by atoms with van der Waals surface area (Å²) in [5.74, 6) is 1.51. The number of methoxy groups -OCH3 is 1. The summed E-state index contributed by atoms with van der Waals surface area (Å²) in [6, 6.07) is 4.31. The van der Waals surface area contributed by atoms with Crippen LogP contribution in [-0.4, -0.2) is 64.0 Å². The molecule has 1 aliphatic rings. The number of hydrogen-bond donors (Lipinski definition) is 1. The van der Waals surface area contributed by atoms with Crippen molar-refractivity contribution >= 4 is 17.3 Å². The maximum atomic E-state index is 5.93. The number of ether oxygens (including phenoxy) is 2. The van der Waals surface area contributed by atoms with E-state index < -0.39 is 0 Å². The van der Waals surface area contributed by atoms with Crippen molar-refractivity contribution in [1.82, 2.24) is 10.2 Å². The molecular weight excluding hydrogens is 322 g/mol. The van der Waals surface area contributed by atoms with Gasteiger partial charge in [0.15, 0.2) is 5.96 Å². The summed E-state index contributed by atoms with van der Waals surface area (Å²) < 4.78 is 11.0. The predicted molar refractivity (Wildman–Crippen MR) is 101 cm³/mol. The summed E-state index contributed by atoms with van der Waals surface area (Å²) in [5.41, 5.74) is 0. The first-order valence-corrected chi connectivity index (χ1v) is 9.72. The molecule has 136 valence electrons. The van der Waals surface area contributed by atoms with Crippen LogP contribution in [0.2, 0.25) is 0 Å². The maximum Gasteiger partial charge on any atom is 0.193 e. The lowest BCUT2D eigenvalue weighted by Gasteiger charge is -2.34. The van der Waals surface area contributed by atoms with Gasteiger partial charge in [-0.3, -0.25) is 4.99 Å². The highest BCUT2D eigenvalue weighted by Gasteiger charge is 2.22. The molecule has 1 aromatic rings. The molecule has 1 atom stereocenters. The molecule has 2 heterocycles. The number of likely N-dealkylation sites (tertiary alicyclic amines) is 1. The molecule has 2 rings (SSSR count). The molecule has 1 aromatic heterocycles. The summed E-state index contributed by atoms with van der Waals surface area (Å²) in [5, 5.41) is 5.66. The molecule has 1 N–H and O–H groups in total. The Morgan fingerprint density at radius 1 is 1.42 bits per heavy atom. The van der Waals surface area contributed by atoms with Crippen molar-refractivity contribution in [3.63, 3.8) is 0 Å². The standard InChI is InChI=1S/C18H31N3O2S/c1-15(17-6-4-13-24-17)14-20-18(19-2)21-9-7-16(8-10-21)23-12-5-11-22-3/h4,6,13,15-16H,5,7-12,14H2,1-3H3,(H,19,20). The van der Waals surface area contributed by atoms with Crippen LogP contribution in [0, 0.1) is 0 Å². The molecule has 1 aliphatic heterocycles. The third kappa shape index (κ3) is 6.07. The zero-order valence-electron chi connectivity index (χ0n) is 15.2. The molecule has 0 saturated carbocycles. The van der Waals surface area contributed by atoms with Gasteiger partial charge < -0.3 is 19.7 Å². The number of rotatable bonds is 8. The zero-order valence-corrected chi connectivity index (χ0v) is 16.0. The second-order valence-corrected chi connectivity index (χ2v) is 7.23. The highest BCUT2D eigenvalue weighted by molar-refractivity contribution is 7.10. The summed E-state index contributed by atoms with van der Waals surface area (Å²) in [7, 11) is 3.60. The number of hydrogen-bond acceptors (Lipinski definition) is 4. The first-order valence-electron chi connectivity index (χ1n) is 8.84. The van der Waals surface area contributed by atoms with Gasteiger partial charge in [0.1, 0.15) is 0 Å². The fourth-order valence-corrected chi connectivity index (χ4v) is 3.72. The van der Waals surface area contributed by atoms with Gasteiger partial charge in [0.2, 0.25) is 0 Å². The van der Waals surface area contributed by atoms with E-state index in [2.05, 4.69) is 39.6 Å². The lowest BCUT2D eigenvalue weighted by Crippen LogP contribution is -2.47. The van der Waals surface area contributed by atoms with Crippen LogP contribution in [0.3, 0.4) is 0 Å². The van der Waals surface area contributed by atoms with E-state index in [-0.39, 0.29) is 0 Å². The van der Waals surface area contributed by atoms with Gasteiger partial charge in [-0.05, 0) is 30.7 Å². The third-order valence-corrected chi connectivity index (χ3v) is 5.50. The average Bonchev–Trinajstić information content (AvgIpc) is 3.15. The number of piperidine rings is 1. The van der Waals surface area contributed by atoms with E-state index in [4.69, 9.17) is 9.47 Å². The predicted octanol–water partition coefficient (Wildman–Crippen LogP) is 2.94. The number of aliphatic imine (C=N–C) groups is 1. The fourth-order valence-electron chi connectivity index (χ4n) is 2.94. The Hall–Kier alpha value is -1.11. The van der Waals surface area contributed by atoms with E-state index in [0.717, 1.165) is 58.1 Å². The second kappa shape index (κ2) is 10.7. The van der Waals surface area contributed by atoms with E-state index in [1.165, 1.54) is 4.88 Å². The van der Waals surface area contributed by atoms with E-state index in [1.807, 2.05) is 18.4 Å². The van der Waals surface area contributed by atoms with Crippen LogP contribution in [0.25, 0.3) is 0 Å². The molecule has 0 spiro atoms. The molecule has 0 aromatic carbocycles. The topological polar surface area (TPSA) is 46.1 Å². The van der Waals surface area contributed by atoms with Gasteiger partial charge in [-0.2, -0.15) is 0 Å². The summed E-state index contributed by atoms with van der Waals surface area (Å²) in [6.07, 6.45) is 3.48. The van der Waals surface area contributed by atoms with Crippen molar-refractivity contribution in [3.05, 3.63) is 22.4 Å². The minimum absolute atomic E-state index is 0.376. The van der Waals surface area contributed by atoms with Crippen LogP contribution in [0.1, 0.15) is 37.0 Å². The van der Waals surface area contributed by atoms with Crippen LogP contribution in [0.4, 0.5) is 0 Å². The quantitative estimate of drug-likeness (QED) is 0.443. The maximum absolute atomic E-state index is 5.93. The smallest absolute Gasteiger partial charge is 0.193 e. The van der Waals surface area contributed by atoms with Crippen molar-refractivity contribution in [2.24, 2.45) is 4.99 Å². The van der Waals surface area contributed by atoms with Gasteiger partial charge in [-0.15, -0.1) is 11.3 Å². The lowest BCUT2D eigenvalue weighted by atomic mass is 10.1. The minimum atomic E-state index is 0.376. The van der Waals surface area contributed by atoms with Gasteiger partial charge >= 0.3 is 0 Å². The van der Waals surface area contributed by atoms with Gasteiger partial charge in [0.05, 0.1) is 6.10 Å². The normalized spacial score (nSPS) is 18.0. The van der Waals surface area contributed by atoms with E-state index >= 15 is 0 Å². The minimum Gasteiger partial charge on any atom is -0.385 e. The van der Waals surface area contributed by atoms with Crippen LogP contribution in [-0.2, 0) is 9.47 Å². The van der Waals surface area contributed by atoms with Crippen molar-refractivity contribution < 1.29 is 9.47 Å². The molecule has 1 unspecified atom stereocenters. The number of thiophene rings is 1. The molecule has 1 fully saturated rings. The monoisotopic (exact) mass is 353 g/mol. The van der Waals surface area contributed by atoms with Crippen LogP contribution < -0.4 is 5.32 Å². The fraction of sp³-hybridized carbons (Fsp3) is 0.722. The summed E-state index contributed by atoms with van der Waals surface area (Å²) >= 11 is 1.82. The van der Waals surface area contributed by atoms with Crippen molar-refractivity contribution in [2.75, 3.05) is 47.0 Å². The van der Waals surface area contributed by atoms with Gasteiger partial charge in [0.25, 0.3) is 0 Å². The molecule has 0 amide bonds. The number of nitrogens with zero attached hydrogens (tertiary/aromatic N) is 2. The largest absolute Gasteiger partial charge is 0.385 e. The molecule has 1 saturated heterocycles. The van der Waals surface area contributed by atoms with Crippen molar-refractivity contribution in [2.45, 2.75) is 38.2 Å². The molecule has 6 heteroatoms. The first kappa shape index (κ1) is 19.2. The van der Waals surface area contributed by atoms with Gasteiger partial charge in [-0.1, -0.05) is 13.0 Å². The summed E-state index contributed by atoms with van der Waals surface area (Å²) in [4.78, 5) is 8.22. The first-order chi connectivity index (χ1) is 11.7. The lowest BCUT2D eigenvalue weighted by molar-refractivity contribution is 0.00990. The molecule has 0 bridgehead atoms. The van der Waals surface area contributed by atoms with E-state index in [1.54, 1.807) is 7.11 Å². The van der Waals surface area contributed by atoms with Gasteiger partial charge in [-0.25, -0.2) is 0 Å². The van der Waals surface area contributed by atoms with Crippen LogP contribution in [0.5, 0.6) is 0 Å². The van der Waals surface area contributed by atoms with Gasteiger partial charge in [0, 0.05) is 57.8 Å². The second-order valence-electron chi connectivity index (χ2n) is 6.25. The van der Waals surface area contributed by atoms with Crippen molar-refractivity contribution in [3.8, 4) is 0 Å². The molecule has 5 nitrogen and oxygen atoms in total. The Balaban J connectivity index is 1.69. The zero-order chi connectivity index (χ0) is 17.2. The Morgan fingerprint density at radius 3 is 2.83 bits per heavy atom. The number of nitrogens with one attached hydrogen (secondary N) is 1.